The fourth-order valence-corrected chi connectivity index (χ4v) is 2.50. The van der Waals surface area contributed by atoms with Crippen molar-refractivity contribution in [1.82, 2.24) is 9.88 Å². The van der Waals surface area contributed by atoms with Crippen LogP contribution in [0.2, 0.25) is 5.15 Å². The lowest BCUT2D eigenvalue weighted by molar-refractivity contribution is 0.237. The van der Waals surface area contributed by atoms with Crippen LogP contribution in [0.15, 0.2) is 18.3 Å². The molecule has 0 spiro atoms. The Bertz CT molecular complexity index is 321. The van der Waals surface area contributed by atoms with Crippen molar-refractivity contribution >= 4 is 11.6 Å². The molecule has 1 aromatic rings. The van der Waals surface area contributed by atoms with Gasteiger partial charge in [-0.3, -0.25) is 4.90 Å². The zero-order valence-corrected chi connectivity index (χ0v) is 9.87. The smallest absolute Gasteiger partial charge is 0.129 e. The Hall–Kier alpha value is -0.600. The van der Waals surface area contributed by atoms with E-state index < -0.39 is 0 Å². The van der Waals surface area contributed by atoms with Crippen molar-refractivity contribution in [2.45, 2.75) is 38.3 Å². The van der Waals surface area contributed by atoms with Crippen LogP contribution in [0.3, 0.4) is 0 Å². The highest BCUT2D eigenvalue weighted by molar-refractivity contribution is 6.29. The first-order chi connectivity index (χ1) is 7.25. The summed E-state index contributed by atoms with van der Waals surface area (Å²) in [7, 11) is 2.20. The van der Waals surface area contributed by atoms with E-state index in [0.717, 1.165) is 12.6 Å². The van der Waals surface area contributed by atoms with Crippen LogP contribution in [0.4, 0.5) is 0 Å². The fraction of sp³-hybridized carbons (Fsp3) is 0.583. The van der Waals surface area contributed by atoms with Crippen LogP contribution in [0.25, 0.3) is 0 Å². The van der Waals surface area contributed by atoms with Crippen molar-refractivity contribution < 1.29 is 0 Å². The first kappa shape index (κ1) is 10.9. The number of halogens is 1. The third kappa shape index (κ3) is 2.93. The van der Waals surface area contributed by atoms with E-state index in [1.165, 1.54) is 31.2 Å². The Labute approximate surface area is 96.3 Å². The highest BCUT2D eigenvalue weighted by Crippen LogP contribution is 2.23. The predicted octanol–water partition coefficient (Wildman–Crippen LogP) is 3.11. The first-order valence-corrected chi connectivity index (χ1v) is 5.94. The zero-order valence-electron chi connectivity index (χ0n) is 9.12. The van der Waals surface area contributed by atoms with Crippen molar-refractivity contribution in [2.75, 3.05) is 7.05 Å². The second-order valence-electron chi connectivity index (χ2n) is 4.34. The molecular formula is C12H17ClN2. The number of rotatable bonds is 3. The lowest BCUT2D eigenvalue weighted by Crippen LogP contribution is -2.28. The highest BCUT2D eigenvalue weighted by atomic mass is 35.5. The summed E-state index contributed by atoms with van der Waals surface area (Å²) in [5.41, 5.74) is 1.25. The molecule has 0 saturated heterocycles. The molecule has 0 radical (unpaired) electrons. The molecule has 0 amide bonds. The third-order valence-electron chi connectivity index (χ3n) is 3.17. The van der Waals surface area contributed by atoms with Gasteiger partial charge in [-0.05, 0) is 37.6 Å². The van der Waals surface area contributed by atoms with Gasteiger partial charge in [-0.15, -0.1) is 0 Å². The average Bonchev–Trinajstić information content (AvgIpc) is 2.70. The number of aromatic nitrogens is 1. The van der Waals surface area contributed by atoms with Crippen molar-refractivity contribution in [3.63, 3.8) is 0 Å². The van der Waals surface area contributed by atoms with E-state index in [1.807, 2.05) is 12.1 Å². The molecule has 2 rings (SSSR count). The van der Waals surface area contributed by atoms with E-state index in [0.29, 0.717) is 5.15 Å². The molecule has 2 nitrogen and oxygen atoms in total. The monoisotopic (exact) mass is 224 g/mol. The Balaban J connectivity index is 1.95. The van der Waals surface area contributed by atoms with E-state index in [4.69, 9.17) is 11.6 Å². The molecule has 1 aliphatic carbocycles. The Kier molecular flexibility index (Phi) is 3.60. The molecule has 0 bridgehead atoms. The number of pyridine rings is 1. The van der Waals surface area contributed by atoms with Gasteiger partial charge in [-0.25, -0.2) is 4.98 Å². The molecule has 1 fully saturated rings. The number of hydrogen-bond acceptors (Lipinski definition) is 2. The van der Waals surface area contributed by atoms with Gasteiger partial charge in [-0.2, -0.15) is 0 Å². The quantitative estimate of drug-likeness (QED) is 0.734. The molecule has 3 heteroatoms. The molecule has 1 heterocycles. The van der Waals surface area contributed by atoms with E-state index in [1.54, 1.807) is 6.20 Å². The van der Waals surface area contributed by atoms with Crippen molar-refractivity contribution in [1.29, 1.82) is 0 Å². The van der Waals surface area contributed by atoms with Crippen molar-refractivity contribution in [3.05, 3.63) is 29.0 Å². The summed E-state index contributed by atoms with van der Waals surface area (Å²) in [5.74, 6) is 0. The minimum Gasteiger partial charge on any atom is -0.299 e. The molecule has 15 heavy (non-hydrogen) atoms. The molecule has 0 atom stereocenters. The topological polar surface area (TPSA) is 16.1 Å². The third-order valence-corrected chi connectivity index (χ3v) is 3.38. The summed E-state index contributed by atoms with van der Waals surface area (Å²) in [4.78, 5) is 6.42. The summed E-state index contributed by atoms with van der Waals surface area (Å²) in [6.45, 7) is 0.979. The standard InChI is InChI=1S/C12H17ClN2/c1-15(11-4-2-3-5-11)9-10-6-7-14-12(13)8-10/h6-8,11H,2-5,9H2,1H3. The number of nitrogens with zero attached hydrogens (tertiary/aromatic N) is 2. The Morgan fingerprint density at radius 2 is 2.20 bits per heavy atom. The summed E-state index contributed by atoms with van der Waals surface area (Å²) in [6, 6.07) is 4.75. The lowest BCUT2D eigenvalue weighted by Gasteiger charge is -2.23. The molecule has 1 saturated carbocycles. The zero-order chi connectivity index (χ0) is 10.7. The van der Waals surface area contributed by atoms with E-state index >= 15 is 0 Å². The molecule has 0 unspecified atom stereocenters. The molecule has 0 aromatic carbocycles. The minimum atomic E-state index is 0.590. The average molecular weight is 225 g/mol. The maximum absolute atomic E-state index is 5.86. The van der Waals surface area contributed by atoms with Gasteiger partial charge in [0, 0.05) is 18.8 Å². The summed E-state index contributed by atoms with van der Waals surface area (Å²) < 4.78 is 0. The highest BCUT2D eigenvalue weighted by Gasteiger charge is 2.19. The SMILES string of the molecule is CN(Cc1ccnc(Cl)c1)C1CCCC1. The van der Waals surface area contributed by atoms with Gasteiger partial charge >= 0.3 is 0 Å². The van der Waals surface area contributed by atoms with Crippen molar-refractivity contribution in [3.8, 4) is 0 Å². The van der Waals surface area contributed by atoms with Gasteiger partial charge in [0.15, 0.2) is 0 Å². The predicted molar refractivity (Wildman–Crippen MR) is 63.0 cm³/mol. The van der Waals surface area contributed by atoms with Gasteiger partial charge in [0.05, 0.1) is 0 Å². The van der Waals surface area contributed by atoms with E-state index in [-0.39, 0.29) is 0 Å². The number of hydrogen-bond donors (Lipinski definition) is 0. The van der Waals surface area contributed by atoms with Crippen LogP contribution in [-0.4, -0.2) is 23.0 Å². The molecule has 0 N–H and O–H groups in total. The Morgan fingerprint density at radius 3 is 2.87 bits per heavy atom. The van der Waals surface area contributed by atoms with E-state index in [2.05, 4.69) is 16.9 Å². The minimum absolute atomic E-state index is 0.590. The summed E-state index contributed by atoms with van der Waals surface area (Å²) >= 11 is 5.86. The summed E-state index contributed by atoms with van der Waals surface area (Å²) in [5, 5.41) is 0.590. The molecule has 0 aliphatic heterocycles. The maximum atomic E-state index is 5.86. The fourth-order valence-electron chi connectivity index (χ4n) is 2.30. The molecule has 1 aromatic heterocycles. The van der Waals surface area contributed by atoms with Gasteiger partial charge in [0.1, 0.15) is 5.15 Å². The van der Waals surface area contributed by atoms with Crippen LogP contribution in [-0.2, 0) is 6.54 Å². The van der Waals surface area contributed by atoms with Crippen LogP contribution < -0.4 is 0 Å². The molecule has 1 aliphatic rings. The normalized spacial score (nSPS) is 17.5. The summed E-state index contributed by atoms with van der Waals surface area (Å²) in [6.07, 6.45) is 7.23. The lowest BCUT2D eigenvalue weighted by atomic mass is 10.2. The van der Waals surface area contributed by atoms with Gasteiger partial charge in [0.2, 0.25) is 0 Å². The van der Waals surface area contributed by atoms with Crippen LogP contribution in [0, 0.1) is 0 Å². The molecule has 82 valence electrons. The van der Waals surface area contributed by atoms with E-state index in [9.17, 15) is 0 Å². The maximum Gasteiger partial charge on any atom is 0.129 e. The molecular weight excluding hydrogens is 208 g/mol. The van der Waals surface area contributed by atoms with Crippen LogP contribution in [0.5, 0.6) is 0 Å². The van der Waals surface area contributed by atoms with Crippen LogP contribution >= 0.6 is 11.6 Å². The van der Waals surface area contributed by atoms with Gasteiger partial charge < -0.3 is 0 Å². The second kappa shape index (κ2) is 4.95. The van der Waals surface area contributed by atoms with Gasteiger partial charge in [0.25, 0.3) is 0 Å². The first-order valence-electron chi connectivity index (χ1n) is 5.56. The second-order valence-corrected chi connectivity index (χ2v) is 4.73. The van der Waals surface area contributed by atoms with Crippen molar-refractivity contribution in [2.24, 2.45) is 0 Å². The Morgan fingerprint density at radius 1 is 1.47 bits per heavy atom. The largest absolute Gasteiger partial charge is 0.299 e. The van der Waals surface area contributed by atoms with Crippen LogP contribution in [0.1, 0.15) is 31.2 Å². The van der Waals surface area contributed by atoms with Gasteiger partial charge in [-0.1, -0.05) is 24.4 Å².